The number of hydrogen-bond donors (Lipinski definition) is 0. The molecule has 106 valence electrons. The number of thioether (sulfide) groups is 1. The fourth-order valence-corrected chi connectivity index (χ4v) is 2.09. The maximum Gasteiger partial charge on any atom is 0.255 e. The molecular formula is C14H16N2O3S. The Kier molecular flexibility index (Phi) is 5.06. The molecule has 0 aliphatic heterocycles. The summed E-state index contributed by atoms with van der Waals surface area (Å²) in [7, 11) is 3.35. The molecule has 20 heavy (non-hydrogen) atoms. The van der Waals surface area contributed by atoms with Crippen molar-refractivity contribution in [2.45, 2.75) is 6.61 Å². The van der Waals surface area contributed by atoms with Gasteiger partial charge < -0.3 is 14.0 Å². The second-order valence-corrected chi connectivity index (χ2v) is 4.69. The van der Waals surface area contributed by atoms with Crippen LogP contribution < -0.4 is 9.47 Å². The van der Waals surface area contributed by atoms with Gasteiger partial charge in [-0.2, -0.15) is 0 Å². The quantitative estimate of drug-likeness (QED) is 0.626. The number of aliphatic imine (C=N–C) groups is 1. The van der Waals surface area contributed by atoms with E-state index in [0.717, 1.165) is 16.4 Å². The van der Waals surface area contributed by atoms with Gasteiger partial charge in [0.05, 0.1) is 13.2 Å². The fraction of sp³-hybridized carbons (Fsp3) is 0.286. The largest absolute Gasteiger partial charge is 0.497 e. The topological polar surface area (TPSA) is 56.9 Å². The van der Waals surface area contributed by atoms with E-state index in [-0.39, 0.29) is 0 Å². The third-order valence-electron chi connectivity index (χ3n) is 2.64. The molecule has 1 heterocycles. The lowest BCUT2D eigenvalue weighted by molar-refractivity contribution is 0.269. The zero-order chi connectivity index (χ0) is 14.4. The van der Waals surface area contributed by atoms with Gasteiger partial charge in [-0.1, -0.05) is 12.1 Å². The number of aromatic nitrogens is 1. The summed E-state index contributed by atoms with van der Waals surface area (Å²) in [5, 5.41) is 4.65. The smallest absolute Gasteiger partial charge is 0.255 e. The van der Waals surface area contributed by atoms with Crippen molar-refractivity contribution in [2.24, 2.45) is 4.99 Å². The van der Waals surface area contributed by atoms with Gasteiger partial charge in [-0.3, -0.25) is 4.99 Å². The standard InChI is InChI=1S/C14H16N2O3S/c1-15-14(20-3)12-8-13(16-19-12)18-9-10-4-6-11(17-2)7-5-10/h4-8H,9H2,1-3H3. The van der Waals surface area contributed by atoms with Crippen LogP contribution in [-0.2, 0) is 6.61 Å². The highest BCUT2D eigenvalue weighted by molar-refractivity contribution is 8.13. The molecule has 2 aromatic rings. The molecule has 1 aromatic carbocycles. The average molecular weight is 292 g/mol. The van der Waals surface area contributed by atoms with Crippen molar-refractivity contribution >= 4 is 16.8 Å². The number of rotatable bonds is 5. The zero-order valence-electron chi connectivity index (χ0n) is 11.6. The number of methoxy groups -OCH3 is 1. The van der Waals surface area contributed by atoms with E-state index in [1.54, 1.807) is 20.2 Å². The molecule has 2 rings (SSSR count). The van der Waals surface area contributed by atoms with Crippen molar-refractivity contribution < 1.29 is 14.0 Å². The van der Waals surface area contributed by atoms with Crippen molar-refractivity contribution in [1.82, 2.24) is 5.16 Å². The molecule has 0 spiro atoms. The molecule has 0 radical (unpaired) electrons. The van der Waals surface area contributed by atoms with Gasteiger partial charge in [-0.25, -0.2) is 0 Å². The fourth-order valence-electron chi connectivity index (χ4n) is 1.61. The van der Waals surface area contributed by atoms with E-state index >= 15 is 0 Å². The van der Waals surface area contributed by atoms with E-state index in [1.165, 1.54) is 11.8 Å². The minimum Gasteiger partial charge on any atom is -0.497 e. The number of ether oxygens (including phenoxy) is 2. The lowest BCUT2D eigenvalue weighted by Gasteiger charge is -2.03. The third kappa shape index (κ3) is 3.54. The van der Waals surface area contributed by atoms with Crippen LogP contribution in [0.2, 0.25) is 0 Å². The van der Waals surface area contributed by atoms with Gasteiger partial charge in [0.25, 0.3) is 5.88 Å². The second-order valence-electron chi connectivity index (χ2n) is 3.90. The first-order valence-electron chi connectivity index (χ1n) is 6.00. The molecular weight excluding hydrogens is 276 g/mol. The number of hydrogen-bond acceptors (Lipinski definition) is 6. The Balaban J connectivity index is 1.97. The summed E-state index contributed by atoms with van der Waals surface area (Å²) in [5.41, 5.74) is 1.03. The van der Waals surface area contributed by atoms with E-state index in [9.17, 15) is 0 Å². The lowest BCUT2D eigenvalue weighted by Crippen LogP contribution is -1.95. The molecule has 0 unspecified atom stereocenters. The average Bonchev–Trinajstić information content (AvgIpc) is 2.96. The van der Waals surface area contributed by atoms with E-state index in [0.29, 0.717) is 18.2 Å². The Morgan fingerprint density at radius 3 is 2.70 bits per heavy atom. The summed E-state index contributed by atoms with van der Waals surface area (Å²) in [4.78, 5) is 4.10. The highest BCUT2D eigenvalue weighted by Crippen LogP contribution is 2.18. The molecule has 1 aromatic heterocycles. The molecule has 0 fully saturated rings. The van der Waals surface area contributed by atoms with Crippen LogP contribution in [0.15, 0.2) is 39.8 Å². The first kappa shape index (κ1) is 14.5. The molecule has 0 amide bonds. The predicted molar refractivity (Wildman–Crippen MR) is 79.8 cm³/mol. The first-order chi connectivity index (χ1) is 9.76. The molecule has 0 aliphatic carbocycles. The summed E-state index contributed by atoms with van der Waals surface area (Å²) in [6, 6.07) is 9.41. The molecule has 6 heteroatoms. The Bertz CT molecular complexity index is 578. The van der Waals surface area contributed by atoms with Gasteiger partial charge >= 0.3 is 0 Å². The first-order valence-corrected chi connectivity index (χ1v) is 7.23. The minimum absolute atomic E-state index is 0.424. The van der Waals surface area contributed by atoms with Gasteiger partial charge in [0.1, 0.15) is 17.4 Å². The van der Waals surface area contributed by atoms with E-state index in [2.05, 4.69) is 10.1 Å². The van der Waals surface area contributed by atoms with Crippen molar-refractivity contribution in [3.05, 3.63) is 41.7 Å². The molecule has 0 N–H and O–H groups in total. The summed E-state index contributed by atoms with van der Waals surface area (Å²) in [6.07, 6.45) is 1.93. The molecule has 0 saturated carbocycles. The third-order valence-corrected chi connectivity index (χ3v) is 3.41. The van der Waals surface area contributed by atoms with E-state index in [1.807, 2.05) is 30.5 Å². The van der Waals surface area contributed by atoms with Crippen LogP contribution in [0, 0.1) is 0 Å². The molecule has 5 nitrogen and oxygen atoms in total. The molecule has 0 atom stereocenters. The summed E-state index contributed by atoms with van der Waals surface area (Å²) in [5.74, 6) is 1.89. The van der Waals surface area contributed by atoms with E-state index < -0.39 is 0 Å². The van der Waals surface area contributed by atoms with Crippen molar-refractivity contribution in [3.8, 4) is 11.6 Å². The molecule has 0 aliphatic rings. The van der Waals surface area contributed by atoms with Crippen molar-refractivity contribution in [3.63, 3.8) is 0 Å². The SMILES string of the molecule is CN=C(SC)c1cc(OCc2ccc(OC)cc2)no1. The monoisotopic (exact) mass is 292 g/mol. The maximum absolute atomic E-state index is 5.58. The summed E-state index contributed by atoms with van der Waals surface area (Å²) >= 11 is 1.50. The Morgan fingerprint density at radius 2 is 2.10 bits per heavy atom. The highest BCUT2D eigenvalue weighted by atomic mass is 32.2. The number of benzene rings is 1. The highest BCUT2D eigenvalue weighted by Gasteiger charge is 2.10. The summed E-state index contributed by atoms with van der Waals surface area (Å²) < 4.78 is 15.9. The Labute approximate surface area is 122 Å². The Morgan fingerprint density at radius 1 is 1.35 bits per heavy atom. The van der Waals surface area contributed by atoms with Crippen LogP contribution in [0.1, 0.15) is 11.3 Å². The van der Waals surface area contributed by atoms with Crippen molar-refractivity contribution in [1.29, 1.82) is 0 Å². The van der Waals surface area contributed by atoms with Gasteiger partial charge in [0.15, 0.2) is 5.76 Å². The van der Waals surface area contributed by atoms with Gasteiger partial charge in [0, 0.05) is 7.05 Å². The van der Waals surface area contributed by atoms with Crippen LogP contribution in [0.5, 0.6) is 11.6 Å². The lowest BCUT2D eigenvalue weighted by atomic mass is 10.2. The van der Waals surface area contributed by atoms with Crippen LogP contribution in [0.25, 0.3) is 0 Å². The van der Waals surface area contributed by atoms with E-state index in [4.69, 9.17) is 14.0 Å². The summed E-state index contributed by atoms with van der Waals surface area (Å²) in [6.45, 7) is 0.424. The zero-order valence-corrected chi connectivity index (χ0v) is 12.4. The van der Waals surface area contributed by atoms with Gasteiger partial charge in [-0.15, -0.1) is 11.8 Å². The van der Waals surface area contributed by atoms with Crippen LogP contribution in [0.4, 0.5) is 0 Å². The maximum atomic E-state index is 5.58. The normalized spacial score (nSPS) is 11.4. The predicted octanol–water partition coefficient (Wildman–Crippen LogP) is 3.00. The van der Waals surface area contributed by atoms with Crippen LogP contribution >= 0.6 is 11.8 Å². The van der Waals surface area contributed by atoms with Crippen LogP contribution in [0.3, 0.4) is 0 Å². The Hall–Kier alpha value is -1.95. The molecule has 0 bridgehead atoms. The van der Waals surface area contributed by atoms with Crippen molar-refractivity contribution in [2.75, 3.05) is 20.4 Å². The minimum atomic E-state index is 0.424. The molecule has 0 saturated heterocycles. The second kappa shape index (κ2) is 7.00. The van der Waals surface area contributed by atoms with Gasteiger partial charge in [-0.05, 0) is 29.1 Å². The van der Waals surface area contributed by atoms with Crippen LogP contribution in [-0.4, -0.2) is 30.6 Å². The number of nitrogens with zero attached hydrogens (tertiary/aromatic N) is 2. The van der Waals surface area contributed by atoms with Gasteiger partial charge in [0.2, 0.25) is 0 Å².